The first-order valence-corrected chi connectivity index (χ1v) is 13.7. The lowest BCUT2D eigenvalue weighted by Gasteiger charge is -2.47. The van der Waals surface area contributed by atoms with Crippen molar-refractivity contribution >= 4 is 29.6 Å². The average molecular weight is 564 g/mol. The Hall–Kier alpha value is -3.26. The first-order valence-electron chi connectivity index (χ1n) is 13.7. The highest BCUT2D eigenvalue weighted by Gasteiger charge is 2.38. The van der Waals surface area contributed by atoms with Crippen molar-refractivity contribution in [3.8, 4) is 0 Å². The lowest BCUT2D eigenvalue weighted by Crippen LogP contribution is -2.60. The number of hydrogen-bond donors (Lipinski definition) is 5. The van der Waals surface area contributed by atoms with E-state index in [1.165, 1.54) is 0 Å². The van der Waals surface area contributed by atoms with Gasteiger partial charge in [0.25, 0.3) is 0 Å². The number of nitrogens with zero attached hydrogens (tertiary/aromatic N) is 4. The van der Waals surface area contributed by atoms with Gasteiger partial charge in [0.2, 0.25) is 0 Å². The van der Waals surface area contributed by atoms with Crippen LogP contribution in [0.15, 0.2) is 24.3 Å². The molecule has 13 nitrogen and oxygen atoms in total. The Morgan fingerprint density at radius 1 is 0.675 bits per heavy atom. The molecule has 0 spiro atoms. The third-order valence-corrected chi connectivity index (χ3v) is 7.83. The molecule has 0 amide bonds. The molecule has 2 fully saturated rings. The predicted octanol–water partition coefficient (Wildman–Crippen LogP) is 0.0511. The molecule has 1 aliphatic carbocycles. The van der Waals surface area contributed by atoms with E-state index in [0.29, 0.717) is 31.5 Å². The van der Waals surface area contributed by atoms with Crippen LogP contribution in [0.3, 0.4) is 0 Å². The number of hydrogen-bond acceptors (Lipinski definition) is 9. The van der Waals surface area contributed by atoms with Crippen molar-refractivity contribution in [2.75, 3.05) is 64.6 Å². The molecule has 3 rings (SSSR count). The summed E-state index contributed by atoms with van der Waals surface area (Å²) >= 11 is 0. The molecular formula is C27H41N5O8. The van der Waals surface area contributed by atoms with Gasteiger partial charge in [0, 0.05) is 56.5 Å². The fraction of sp³-hybridized carbons (Fsp3) is 0.630. The first-order chi connectivity index (χ1) is 19.0. The van der Waals surface area contributed by atoms with Crippen molar-refractivity contribution in [1.82, 2.24) is 19.6 Å². The first kappa shape index (κ1) is 31.3. The van der Waals surface area contributed by atoms with Crippen molar-refractivity contribution < 1.29 is 39.6 Å². The Morgan fingerprint density at radius 2 is 1.15 bits per heavy atom. The number of fused-ring (bicyclic) bond motifs is 1. The summed E-state index contributed by atoms with van der Waals surface area (Å²) in [7, 11) is 0. The van der Waals surface area contributed by atoms with Crippen LogP contribution in [-0.2, 0) is 25.6 Å². The Balaban J connectivity index is 2.05. The predicted molar refractivity (Wildman–Crippen MR) is 146 cm³/mol. The molecule has 0 radical (unpaired) electrons. The van der Waals surface area contributed by atoms with E-state index in [1.807, 2.05) is 21.9 Å². The maximum Gasteiger partial charge on any atom is 0.317 e. The van der Waals surface area contributed by atoms with Crippen LogP contribution < -0.4 is 5.73 Å². The highest BCUT2D eigenvalue weighted by Crippen LogP contribution is 2.29. The number of anilines is 1. The van der Waals surface area contributed by atoms with Crippen molar-refractivity contribution in [3.05, 3.63) is 29.8 Å². The molecule has 0 unspecified atom stereocenters. The van der Waals surface area contributed by atoms with Gasteiger partial charge in [-0.2, -0.15) is 0 Å². The number of carbonyl (C=O) groups is 4. The summed E-state index contributed by atoms with van der Waals surface area (Å²) in [6.07, 6.45) is 3.54. The molecule has 40 heavy (non-hydrogen) atoms. The summed E-state index contributed by atoms with van der Waals surface area (Å²) in [5, 5.41) is 38.8. The maximum atomic E-state index is 12.1. The second-order valence-electron chi connectivity index (χ2n) is 10.7. The van der Waals surface area contributed by atoms with Gasteiger partial charge in [-0.3, -0.25) is 38.8 Å². The standard InChI is InChI=1S/C27H41N5O8/c28-20-7-5-19(6-8-20)13-21-14-32(18-27(39)40)23-4-2-1-3-22(23)31(17-26(37)38)12-10-29(15-24(33)34)9-11-30(21)16-25(35)36/h5-8,21-23H,1-4,9-18,28H2,(H,33,34)(H,35,36)(H,37,38)(H,39,40)/t21-,22-,23-/m1/s1. The van der Waals surface area contributed by atoms with Crippen molar-refractivity contribution in [2.45, 2.75) is 50.2 Å². The van der Waals surface area contributed by atoms with Crippen molar-refractivity contribution in [1.29, 1.82) is 0 Å². The second kappa shape index (κ2) is 14.9. The summed E-state index contributed by atoms with van der Waals surface area (Å²) in [4.78, 5) is 54.7. The lowest BCUT2D eigenvalue weighted by atomic mass is 9.87. The van der Waals surface area contributed by atoms with Crippen LogP contribution in [0.2, 0.25) is 0 Å². The zero-order valence-corrected chi connectivity index (χ0v) is 22.7. The highest BCUT2D eigenvalue weighted by molar-refractivity contribution is 5.70. The number of carboxylic acid groups (broad SMARTS) is 4. The van der Waals surface area contributed by atoms with E-state index >= 15 is 0 Å². The summed E-state index contributed by atoms with van der Waals surface area (Å²) in [5.74, 6) is -4.07. The van der Waals surface area contributed by atoms with Crippen LogP contribution in [0.25, 0.3) is 0 Å². The van der Waals surface area contributed by atoms with Crippen molar-refractivity contribution in [3.63, 3.8) is 0 Å². The van der Waals surface area contributed by atoms with Crippen LogP contribution in [0.4, 0.5) is 5.69 Å². The molecule has 0 aromatic heterocycles. The SMILES string of the molecule is Nc1ccc(C[C@@H]2CN(CC(=O)O)[C@@H]3CCCC[C@H]3N(CC(=O)O)CCN(CC(=O)O)CCN2CC(=O)O)cc1. The van der Waals surface area contributed by atoms with Crippen LogP contribution in [-0.4, -0.2) is 141 Å². The Labute approximate surface area is 233 Å². The Kier molecular flexibility index (Phi) is 11.7. The zero-order valence-electron chi connectivity index (χ0n) is 22.7. The molecule has 1 heterocycles. The minimum atomic E-state index is -1.04. The van der Waals surface area contributed by atoms with Gasteiger partial charge in [-0.05, 0) is 37.0 Å². The summed E-state index contributed by atoms with van der Waals surface area (Å²) in [6.45, 7) is 0.296. The maximum absolute atomic E-state index is 12.1. The van der Waals surface area contributed by atoms with E-state index in [1.54, 1.807) is 21.9 Å². The largest absolute Gasteiger partial charge is 0.480 e. The van der Waals surface area contributed by atoms with E-state index in [2.05, 4.69) is 0 Å². The van der Waals surface area contributed by atoms with E-state index in [4.69, 9.17) is 5.73 Å². The molecule has 1 saturated carbocycles. The van der Waals surface area contributed by atoms with Gasteiger partial charge in [-0.15, -0.1) is 0 Å². The quantitative estimate of drug-likeness (QED) is 0.240. The number of aliphatic carboxylic acids is 4. The van der Waals surface area contributed by atoms with Gasteiger partial charge in [-0.25, -0.2) is 0 Å². The average Bonchev–Trinajstić information content (AvgIpc) is 2.87. The van der Waals surface area contributed by atoms with Gasteiger partial charge in [0.05, 0.1) is 26.2 Å². The van der Waals surface area contributed by atoms with Gasteiger partial charge < -0.3 is 26.2 Å². The van der Waals surface area contributed by atoms with Gasteiger partial charge in [0.15, 0.2) is 0 Å². The van der Waals surface area contributed by atoms with Gasteiger partial charge >= 0.3 is 23.9 Å². The molecule has 1 aromatic carbocycles. The Bertz CT molecular complexity index is 1020. The van der Waals surface area contributed by atoms with E-state index < -0.39 is 29.9 Å². The topological polar surface area (TPSA) is 188 Å². The highest BCUT2D eigenvalue weighted by atomic mass is 16.4. The minimum Gasteiger partial charge on any atom is -0.480 e. The fourth-order valence-electron chi connectivity index (χ4n) is 6.04. The van der Waals surface area contributed by atoms with Crippen LogP contribution >= 0.6 is 0 Å². The minimum absolute atomic E-state index is 0.233. The summed E-state index contributed by atoms with van der Waals surface area (Å²) in [5.41, 5.74) is 7.36. The molecule has 1 aliphatic heterocycles. The third kappa shape index (κ3) is 9.73. The number of rotatable bonds is 10. The molecule has 1 aromatic rings. The van der Waals surface area contributed by atoms with Gasteiger partial charge in [0.1, 0.15) is 0 Å². The number of benzene rings is 1. The lowest BCUT2D eigenvalue weighted by molar-refractivity contribution is -0.144. The molecule has 2 aliphatic rings. The second-order valence-corrected chi connectivity index (χ2v) is 10.7. The monoisotopic (exact) mass is 563 g/mol. The zero-order chi connectivity index (χ0) is 29.2. The van der Waals surface area contributed by atoms with Gasteiger partial charge in [-0.1, -0.05) is 25.0 Å². The van der Waals surface area contributed by atoms with Crippen LogP contribution in [0, 0.1) is 0 Å². The molecule has 0 bridgehead atoms. The summed E-state index contributed by atoms with van der Waals surface area (Å²) < 4.78 is 0. The smallest absolute Gasteiger partial charge is 0.317 e. The fourth-order valence-corrected chi connectivity index (χ4v) is 6.04. The van der Waals surface area contributed by atoms with Crippen LogP contribution in [0.1, 0.15) is 31.2 Å². The normalized spacial score (nSPS) is 24.4. The van der Waals surface area contributed by atoms with E-state index in [0.717, 1.165) is 18.4 Å². The molecular weight excluding hydrogens is 522 g/mol. The number of carboxylic acids is 4. The van der Waals surface area contributed by atoms with E-state index in [9.17, 15) is 39.6 Å². The molecule has 1 saturated heterocycles. The molecule has 3 atom stereocenters. The molecule has 13 heteroatoms. The molecule has 6 N–H and O–H groups in total. The summed E-state index contributed by atoms with van der Waals surface area (Å²) in [6, 6.07) is 6.35. The van der Waals surface area contributed by atoms with E-state index in [-0.39, 0.29) is 64.4 Å². The van der Waals surface area contributed by atoms with Crippen LogP contribution in [0.5, 0.6) is 0 Å². The third-order valence-electron chi connectivity index (χ3n) is 7.83. The number of nitrogens with two attached hydrogens (primary N) is 1. The van der Waals surface area contributed by atoms with Crippen molar-refractivity contribution in [2.24, 2.45) is 0 Å². The molecule has 222 valence electrons. The Morgan fingerprint density at radius 3 is 1.70 bits per heavy atom. The number of nitrogen functional groups attached to an aromatic ring is 1.